The highest BCUT2D eigenvalue weighted by Gasteiger charge is 2.03. The van der Waals surface area contributed by atoms with E-state index < -0.39 is 0 Å². The highest BCUT2D eigenvalue weighted by atomic mass is 16.5. The van der Waals surface area contributed by atoms with Gasteiger partial charge in [0.1, 0.15) is 5.75 Å². The Morgan fingerprint density at radius 3 is 2.25 bits per heavy atom. The molecule has 0 spiro atoms. The highest BCUT2D eigenvalue weighted by Crippen LogP contribution is 2.17. The largest absolute Gasteiger partial charge is 0.497 e. The molecule has 2 rings (SSSR count). The molecule has 0 aliphatic heterocycles. The van der Waals surface area contributed by atoms with E-state index in [1.54, 1.807) is 7.11 Å². The first-order chi connectivity index (χ1) is 11.6. The van der Waals surface area contributed by atoms with E-state index in [0.717, 1.165) is 36.4 Å². The van der Waals surface area contributed by atoms with Gasteiger partial charge in [0.05, 0.1) is 7.11 Å². The predicted molar refractivity (Wildman–Crippen MR) is 99.9 cm³/mol. The minimum Gasteiger partial charge on any atom is -0.497 e. The molecule has 24 heavy (non-hydrogen) atoms. The van der Waals surface area contributed by atoms with Crippen LogP contribution < -0.4 is 15.0 Å². The van der Waals surface area contributed by atoms with Crippen LogP contribution in [0.25, 0.3) is 0 Å². The third-order valence-corrected chi connectivity index (χ3v) is 3.95. The molecule has 1 amide bonds. The fourth-order valence-corrected chi connectivity index (χ4v) is 2.47. The fourth-order valence-electron chi connectivity index (χ4n) is 2.47. The standard InChI is InChI=1S/C20H26N2O2/c1-22(2)18-12-10-17(11-13-18)21-20(23)7-5-4-6-16-8-14-19(24-3)15-9-16/h8-15H,4-7H2,1-3H3,(H,21,23). The van der Waals surface area contributed by atoms with Gasteiger partial charge in [0.25, 0.3) is 0 Å². The van der Waals surface area contributed by atoms with Crippen LogP contribution in [0.4, 0.5) is 11.4 Å². The maximum Gasteiger partial charge on any atom is 0.224 e. The second-order valence-electron chi connectivity index (χ2n) is 6.04. The Balaban J connectivity index is 1.69. The number of nitrogens with one attached hydrogen (secondary N) is 1. The van der Waals surface area contributed by atoms with E-state index in [9.17, 15) is 4.79 Å². The van der Waals surface area contributed by atoms with E-state index in [0.29, 0.717) is 6.42 Å². The van der Waals surface area contributed by atoms with Crippen molar-refractivity contribution in [3.63, 3.8) is 0 Å². The van der Waals surface area contributed by atoms with Gasteiger partial charge in [0.15, 0.2) is 0 Å². The van der Waals surface area contributed by atoms with E-state index in [2.05, 4.69) is 17.4 Å². The molecule has 0 aliphatic rings. The molecule has 0 heterocycles. The third-order valence-electron chi connectivity index (χ3n) is 3.95. The van der Waals surface area contributed by atoms with Gasteiger partial charge in [-0.15, -0.1) is 0 Å². The first kappa shape index (κ1) is 17.9. The Hall–Kier alpha value is -2.49. The molecule has 0 saturated carbocycles. The number of carbonyl (C=O) groups is 1. The lowest BCUT2D eigenvalue weighted by atomic mass is 10.1. The Morgan fingerprint density at radius 2 is 1.67 bits per heavy atom. The van der Waals surface area contributed by atoms with Crippen molar-refractivity contribution in [3.8, 4) is 5.75 Å². The molecule has 2 aromatic rings. The lowest BCUT2D eigenvalue weighted by molar-refractivity contribution is -0.116. The Labute approximate surface area is 144 Å². The monoisotopic (exact) mass is 326 g/mol. The molecule has 0 unspecified atom stereocenters. The summed E-state index contributed by atoms with van der Waals surface area (Å²) in [5.74, 6) is 0.945. The normalized spacial score (nSPS) is 10.3. The molecule has 0 aliphatic carbocycles. The summed E-state index contributed by atoms with van der Waals surface area (Å²) >= 11 is 0. The van der Waals surface area contributed by atoms with E-state index in [1.165, 1.54) is 5.56 Å². The number of anilines is 2. The minimum absolute atomic E-state index is 0.0716. The van der Waals surface area contributed by atoms with Gasteiger partial charge in [-0.2, -0.15) is 0 Å². The van der Waals surface area contributed by atoms with E-state index in [1.807, 2.05) is 55.4 Å². The molecule has 128 valence electrons. The van der Waals surface area contributed by atoms with E-state index in [4.69, 9.17) is 4.74 Å². The van der Waals surface area contributed by atoms with Gasteiger partial charge in [0.2, 0.25) is 5.91 Å². The summed E-state index contributed by atoms with van der Waals surface area (Å²) in [4.78, 5) is 14.0. The van der Waals surface area contributed by atoms with Gasteiger partial charge in [-0.25, -0.2) is 0 Å². The number of hydrogen-bond acceptors (Lipinski definition) is 3. The number of ether oxygens (including phenoxy) is 1. The van der Waals surface area contributed by atoms with Crippen LogP contribution in [0, 0.1) is 0 Å². The van der Waals surface area contributed by atoms with E-state index >= 15 is 0 Å². The SMILES string of the molecule is COc1ccc(CCCCC(=O)Nc2ccc(N(C)C)cc2)cc1. The molecule has 4 nitrogen and oxygen atoms in total. The van der Waals surface area contributed by atoms with Crippen molar-refractivity contribution in [1.29, 1.82) is 0 Å². The quantitative estimate of drug-likeness (QED) is 0.742. The Kier molecular flexibility index (Phi) is 6.67. The zero-order valence-electron chi connectivity index (χ0n) is 14.7. The van der Waals surface area contributed by atoms with Gasteiger partial charge >= 0.3 is 0 Å². The fraction of sp³-hybridized carbons (Fsp3) is 0.350. The molecule has 0 saturated heterocycles. The van der Waals surface area contributed by atoms with Crippen molar-refractivity contribution < 1.29 is 9.53 Å². The van der Waals surface area contributed by atoms with Crippen LogP contribution in [0.2, 0.25) is 0 Å². The number of hydrogen-bond donors (Lipinski definition) is 1. The predicted octanol–water partition coefficient (Wildman–Crippen LogP) is 4.11. The van der Waals surface area contributed by atoms with Crippen molar-refractivity contribution in [3.05, 3.63) is 54.1 Å². The number of nitrogens with zero attached hydrogens (tertiary/aromatic N) is 1. The van der Waals surface area contributed by atoms with Gasteiger partial charge in [0, 0.05) is 31.9 Å². The summed E-state index contributed by atoms with van der Waals surface area (Å²) in [5.41, 5.74) is 3.24. The number of benzene rings is 2. The lowest BCUT2D eigenvalue weighted by Crippen LogP contribution is -2.12. The van der Waals surface area contributed by atoms with Crippen LogP contribution in [0.5, 0.6) is 5.75 Å². The molecule has 1 N–H and O–H groups in total. The van der Waals surface area contributed by atoms with Crippen LogP contribution in [-0.2, 0) is 11.2 Å². The summed E-state index contributed by atoms with van der Waals surface area (Å²) in [6.45, 7) is 0. The second-order valence-corrected chi connectivity index (χ2v) is 6.04. The van der Waals surface area contributed by atoms with E-state index in [-0.39, 0.29) is 5.91 Å². The zero-order chi connectivity index (χ0) is 17.4. The maximum absolute atomic E-state index is 12.0. The number of rotatable bonds is 8. The van der Waals surface area contributed by atoms with Crippen LogP contribution in [-0.4, -0.2) is 27.1 Å². The summed E-state index contributed by atoms with van der Waals surface area (Å²) in [6.07, 6.45) is 3.41. The minimum atomic E-state index is 0.0716. The summed E-state index contributed by atoms with van der Waals surface area (Å²) in [7, 11) is 5.66. The number of aryl methyl sites for hydroxylation is 1. The van der Waals surface area contributed by atoms with Crippen LogP contribution in [0.1, 0.15) is 24.8 Å². The average Bonchev–Trinajstić information content (AvgIpc) is 2.59. The summed E-state index contributed by atoms with van der Waals surface area (Å²) in [5, 5.41) is 2.95. The summed E-state index contributed by atoms with van der Waals surface area (Å²) < 4.78 is 5.15. The Morgan fingerprint density at radius 1 is 1.00 bits per heavy atom. The molecule has 2 aromatic carbocycles. The third kappa shape index (κ3) is 5.61. The van der Waals surface area contributed by atoms with Gasteiger partial charge in [-0.05, 0) is 61.2 Å². The Bertz CT molecular complexity index is 634. The highest BCUT2D eigenvalue weighted by molar-refractivity contribution is 5.90. The number of carbonyl (C=O) groups excluding carboxylic acids is 1. The zero-order valence-corrected chi connectivity index (χ0v) is 14.7. The van der Waals surface area contributed by atoms with Gasteiger partial charge in [-0.1, -0.05) is 12.1 Å². The summed E-state index contributed by atoms with van der Waals surface area (Å²) in [6, 6.07) is 16.0. The first-order valence-electron chi connectivity index (χ1n) is 8.28. The molecule has 0 fully saturated rings. The average molecular weight is 326 g/mol. The van der Waals surface area contributed by atoms with Crippen molar-refractivity contribution in [2.24, 2.45) is 0 Å². The lowest BCUT2D eigenvalue weighted by Gasteiger charge is -2.13. The first-order valence-corrected chi connectivity index (χ1v) is 8.28. The molecule has 4 heteroatoms. The second kappa shape index (κ2) is 8.96. The number of methoxy groups -OCH3 is 1. The molecule has 0 radical (unpaired) electrons. The van der Waals surface area contributed by atoms with Gasteiger partial charge in [-0.3, -0.25) is 4.79 Å². The van der Waals surface area contributed by atoms with Gasteiger partial charge < -0.3 is 15.0 Å². The van der Waals surface area contributed by atoms with Crippen LogP contribution in [0.3, 0.4) is 0 Å². The number of unbranched alkanes of at least 4 members (excludes halogenated alkanes) is 1. The van der Waals surface area contributed by atoms with Crippen molar-refractivity contribution in [1.82, 2.24) is 0 Å². The van der Waals surface area contributed by atoms with Crippen molar-refractivity contribution in [2.45, 2.75) is 25.7 Å². The van der Waals surface area contributed by atoms with Crippen LogP contribution in [0.15, 0.2) is 48.5 Å². The van der Waals surface area contributed by atoms with Crippen molar-refractivity contribution in [2.75, 3.05) is 31.4 Å². The molecule has 0 aromatic heterocycles. The molecular formula is C20H26N2O2. The molecule has 0 atom stereocenters. The maximum atomic E-state index is 12.0. The van der Waals surface area contributed by atoms with Crippen LogP contribution >= 0.6 is 0 Å². The number of amides is 1. The van der Waals surface area contributed by atoms with Crippen molar-refractivity contribution >= 4 is 17.3 Å². The molecule has 0 bridgehead atoms. The molecular weight excluding hydrogens is 300 g/mol. The smallest absolute Gasteiger partial charge is 0.224 e. The topological polar surface area (TPSA) is 41.6 Å².